The molecule has 0 saturated carbocycles. The normalized spacial score (nSPS) is 14.3. The van der Waals surface area contributed by atoms with Crippen molar-refractivity contribution in [3.63, 3.8) is 0 Å². The SMILES string of the molecule is CCC(C)(Pc1ccccc1/C=N/C)c1cccc(C)c1OCOC. The molecule has 2 aromatic rings. The van der Waals surface area contributed by atoms with E-state index < -0.39 is 0 Å². The number of rotatable bonds is 8. The van der Waals surface area contributed by atoms with Crippen LogP contribution < -0.4 is 10.0 Å². The van der Waals surface area contributed by atoms with Gasteiger partial charge in [0.05, 0.1) is 0 Å². The fourth-order valence-electron chi connectivity index (χ4n) is 2.90. The maximum Gasteiger partial charge on any atom is 0.188 e. The number of aryl methyl sites for hydroxylation is 1. The number of aliphatic imine (C=N–C) groups is 1. The highest BCUT2D eigenvalue weighted by Gasteiger charge is 2.30. The summed E-state index contributed by atoms with van der Waals surface area (Å²) in [6.07, 6.45) is 2.97. The molecule has 0 fully saturated rings. The highest BCUT2D eigenvalue weighted by Crippen LogP contribution is 2.48. The lowest BCUT2D eigenvalue weighted by Gasteiger charge is -2.32. The molecular weight excluding hydrogens is 329 g/mol. The molecule has 0 radical (unpaired) electrons. The van der Waals surface area contributed by atoms with Crippen molar-refractivity contribution in [1.82, 2.24) is 0 Å². The summed E-state index contributed by atoms with van der Waals surface area (Å²) in [6, 6.07) is 14.9. The van der Waals surface area contributed by atoms with Crippen LogP contribution in [0.2, 0.25) is 0 Å². The molecule has 2 aromatic carbocycles. The molecule has 0 aliphatic carbocycles. The minimum Gasteiger partial charge on any atom is -0.467 e. The van der Waals surface area contributed by atoms with Crippen LogP contribution in [-0.4, -0.2) is 27.2 Å². The highest BCUT2D eigenvalue weighted by molar-refractivity contribution is 7.48. The molecule has 2 rings (SSSR count). The maximum atomic E-state index is 5.94. The van der Waals surface area contributed by atoms with E-state index in [1.54, 1.807) is 7.11 Å². The molecule has 0 saturated heterocycles. The van der Waals surface area contributed by atoms with Crippen molar-refractivity contribution in [1.29, 1.82) is 0 Å². The Hall–Kier alpha value is -1.70. The van der Waals surface area contributed by atoms with Crippen LogP contribution in [-0.2, 0) is 9.89 Å². The van der Waals surface area contributed by atoms with Crippen LogP contribution in [0.25, 0.3) is 0 Å². The average Bonchev–Trinajstić information content (AvgIpc) is 2.62. The minimum absolute atomic E-state index is 0.00716. The Morgan fingerprint density at radius 2 is 1.92 bits per heavy atom. The number of hydrogen-bond acceptors (Lipinski definition) is 3. The number of nitrogens with zero attached hydrogens (tertiary/aromatic N) is 1. The Morgan fingerprint density at radius 1 is 1.16 bits per heavy atom. The molecule has 0 aliphatic heterocycles. The molecule has 0 heterocycles. The summed E-state index contributed by atoms with van der Waals surface area (Å²) in [7, 11) is 4.09. The molecule has 3 nitrogen and oxygen atoms in total. The maximum absolute atomic E-state index is 5.94. The van der Waals surface area contributed by atoms with Gasteiger partial charge in [-0.2, -0.15) is 0 Å². The van der Waals surface area contributed by atoms with Crippen LogP contribution in [0.3, 0.4) is 0 Å². The van der Waals surface area contributed by atoms with Gasteiger partial charge in [-0.3, -0.25) is 4.99 Å². The van der Waals surface area contributed by atoms with E-state index in [1.165, 1.54) is 16.4 Å². The topological polar surface area (TPSA) is 30.8 Å². The average molecular weight is 357 g/mol. The second-order valence-corrected chi connectivity index (χ2v) is 8.18. The van der Waals surface area contributed by atoms with Crippen LogP contribution in [0.15, 0.2) is 47.5 Å². The summed E-state index contributed by atoms with van der Waals surface area (Å²) < 4.78 is 11.1. The fraction of sp³-hybridized carbons (Fsp3) is 0.381. The fourth-order valence-corrected chi connectivity index (χ4v) is 4.48. The molecule has 0 aromatic heterocycles. The van der Waals surface area contributed by atoms with Gasteiger partial charge in [0, 0.05) is 31.1 Å². The summed E-state index contributed by atoms with van der Waals surface area (Å²) in [6.45, 7) is 6.91. The summed E-state index contributed by atoms with van der Waals surface area (Å²) in [5.74, 6) is 0.947. The van der Waals surface area contributed by atoms with Crippen molar-refractivity contribution >= 4 is 20.1 Å². The van der Waals surface area contributed by atoms with E-state index in [-0.39, 0.29) is 11.9 Å². The Labute approximate surface area is 153 Å². The second kappa shape index (κ2) is 9.12. The van der Waals surface area contributed by atoms with Crippen LogP contribution in [0.1, 0.15) is 37.0 Å². The summed E-state index contributed by atoms with van der Waals surface area (Å²) >= 11 is 0. The molecule has 0 N–H and O–H groups in total. The van der Waals surface area contributed by atoms with Crippen LogP contribution in [0, 0.1) is 6.92 Å². The first-order valence-electron chi connectivity index (χ1n) is 8.57. The van der Waals surface area contributed by atoms with Crippen LogP contribution >= 0.6 is 8.58 Å². The molecule has 25 heavy (non-hydrogen) atoms. The van der Waals surface area contributed by atoms with Gasteiger partial charge in [0.15, 0.2) is 6.79 Å². The molecule has 0 aliphatic rings. The van der Waals surface area contributed by atoms with Gasteiger partial charge >= 0.3 is 0 Å². The van der Waals surface area contributed by atoms with E-state index in [1.807, 2.05) is 13.3 Å². The Bertz CT molecular complexity index is 730. The summed E-state index contributed by atoms with van der Waals surface area (Å²) in [4.78, 5) is 4.21. The number of hydrogen-bond donors (Lipinski definition) is 0. The Morgan fingerprint density at radius 3 is 2.60 bits per heavy atom. The third-order valence-corrected chi connectivity index (χ3v) is 6.37. The first kappa shape index (κ1) is 19.6. The van der Waals surface area contributed by atoms with Gasteiger partial charge in [-0.25, -0.2) is 0 Å². The Kier molecular flexibility index (Phi) is 7.16. The molecule has 134 valence electrons. The molecule has 0 spiro atoms. The van der Waals surface area contributed by atoms with Crippen molar-refractivity contribution in [2.75, 3.05) is 21.0 Å². The zero-order chi connectivity index (χ0) is 18.3. The number of ether oxygens (including phenoxy) is 2. The standard InChI is InChI=1S/C21H28NO2P/c1-6-21(3,25-19-13-8-7-11-17(19)14-22-4)18-12-9-10-16(2)20(18)24-15-23-5/h7-14,25H,6,15H2,1-5H3/b22-14+. The van der Waals surface area contributed by atoms with Crippen molar-refractivity contribution in [2.45, 2.75) is 32.3 Å². The molecule has 0 bridgehead atoms. The first-order chi connectivity index (χ1) is 12.1. The zero-order valence-electron chi connectivity index (χ0n) is 15.8. The first-order valence-corrected chi connectivity index (χ1v) is 9.57. The lowest BCUT2D eigenvalue weighted by atomic mass is 9.94. The van der Waals surface area contributed by atoms with E-state index >= 15 is 0 Å². The zero-order valence-corrected chi connectivity index (χ0v) is 16.8. The minimum atomic E-state index is -0.00716. The summed E-state index contributed by atoms with van der Waals surface area (Å²) in [5, 5.41) is 1.32. The summed E-state index contributed by atoms with van der Waals surface area (Å²) in [5.41, 5.74) is 3.58. The Balaban J connectivity index is 2.46. The van der Waals surface area contributed by atoms with Crippen molar-refractivity contribution in [3.05, 3.63) is 59.2 Å². The smallest absolute Gasteiger partial charge is 0.188 e. The van der Waals surface area contributed by atoms with Crippen molar-refractivity contribution in [3.8, 4) is 5.75 Å². The number of para-hydroxylation sites is 1. The van der Waals surface area contributed by atoms with E-state index in [2.05, 4.69) is 68.2 Å². The molecule has 2 atom stereocenters. The van der Waals surface area contributed by atoms with Gasteiger partial charge in [-0.05, 0) is 29.8 Å². The molecular formula is C21H28NO2P. The largest absolute Gasteiger partial charge is 0.467 e. The van der Waals surface area contributed by atoms with Gasteiger partial charge in [-0.1, -0.05) is 64.9 Å². The second-order valence-electron chi connectivity index (χ2n) is 6.29. The predicted octanol–water partition coefficient (Wildman–Crippen LogP) is 4.66. The van der Waals surface area contributed by atoms with Gasteiger partial charge < -0.3 is 9.47 Å². The third-order valence-electron chi connectivity index (χ3n) is 4.47. The number of benzene rings is 2. The highest BCUT2D eigenvalue weighted by atomic mass is 31.1. The van der Waals surface area contributed by atoms with E-state index in [9.17, 15) is 0 Å². The van der Waals surface area contributed by atoms with Crippen LogP contribution in [0.5, 0.6) is 5.75 Å². The van der Waals surface area contributed by atoms with Crippen molar-refractivity contribution < 1.29 is 9.47 Å². The van der Waals surface area contributed by atoms with E-state index in [0.29, 0.717) is 8.58 Å². The van der Waals surface area contributed by atoms with Gasteiger partial charge in [0.2, 0.25) is 0 Å². The van der Waals surface area contributed by atoms with E-state index in [4.69, 9.17) is 9.47 Å². The lowest BCUT2D eigenvalue weighted by Crippen LogP contribution is -2.21. The van der Waals surface area contributed by atoms with E-state index in [0.717, 1.165) is 17.7 Å². The quantitative estimate of drug-likeness (QED) is 0.391. The third kappa shape index (κ3) is 4.68. The monoisotopic (exact) mass is 357 g/mol. The van der Waals surface area contributed by atoms with Gasteiger partial charge in [-0.15, -0.1) is 0 Å². The molecule has 4 heteroatoms. The lowest BCUT2D eigenvalue weighted by molar-refractivity contribution is 0.0495. The molecule has 0 amide bonds. The number of methoxy groups -OCH3 is 1. The predicted molar refractivity (Wildman–Crippen MR) is 109 cm³/mol. The molecule has 2 unspecified atom stereocenters. The van der Waals surface area contributed by atoms with Gasteiger partial charge in [0.25, 0.3) is 0 Å². The van der Waals surface area contributed by atoms with Crippen LogP contribution in [0.4, 0.5) is 0 Å². The van der Waals surface area contributed by atoms with Gasteiger partial charge in [0.1, 0.15) is 5.75 Å². The van der Waals surface area contributed by atoms with Crippen molar-refractivity contribution in [2.24, 2.45) is 4.99 Å².